The molecule has 2 rings (SSSR count). The van der Waals surface area contributed by atoms with Gasteiger partial charge in [0.1, 0.15) is 5.82 Å². The van der Waals surface area contributed by atoms with E-state index in [0.717, 1.165) is 17.2 Å². The molecule has 0 aliphatic carbocycles. The zero-order valence-corrected chi connectivity index (χ0v) is 8.82. The molecule has 0 radical (unpaired) electrons. The van der Waals surface area contributed by atoms with Gasteiger partial charge in [-0.2, -0.15) is 0 Å². The number of thioether (sulfide) groups is 1. The summed E-state index contributed by atoms with van der Waals surface area (Å²) < 4.78 is 12.8. The second-order valence-corrected chi connectivity index (χ2v) is 4.66. The minimum atomic E-state index is -0.144. The zero-order valence-electron chi connectivity index (χ0n) is 8.00. The molecule has 3 heteroatoms. The highest BCUT2D eigenvalue weighted by Gasteiger charge is 2.13. The van der Waals surface area contributed by atoms with Gasteiger partial charge in [0, 0.05) is 16.7 Å². The lowest BCUT2D eigenvalue weighted by molar-refractivity contribution is 0.624. The maximum Gasteiger partial charge on any atom is 0.124 e. The van der Waals surface area contributed by atoms with Crippen molar-refractivity contribution in [3.05, 3.63) is 30.1 Å². The molecule has 0 saturated carbocycles. The second kappa shape index (κ2) is 4.80. The van der Waals surface area contributed by atoms with E-state index in [0.29, 0.717) is 6.04 Å². The van der Waals surface area contributed by atoms with Gasteiger partial charge < -0.3 is 5.32 Å². The average molecular weight is 211 g/mol. The Kier molecular flexibility index (Phi) is 3.43. The van der Waals surface area contributed by atoms with Crippen LogP contribution in [0.3, 0.4) is 0 Å². The Balaban J connectivity index is 1.85. The Morgan fingerprint density at radius 2 is 2.43 bits per heavy atom. The first kappa shape index (κ1) is 9.99. The van der Waals surface area contributed by atoms with Crippen LogP contribution in [0.5, 0.6) is 0 Å². The van der Waals surface area contributed by atoms with Gasteiger partial charge in [-0.3, -0.25) is 0 Å². The smallest absolute Gasteiger partial charge is 0.124 e. The molecular formula is C11H14FNS. The third kappa shape index (κ3) is 2.72. The van der Waals surface area contributed by atoms with E-state index in [1.807, 2.05) is 6.07 Å². The minimum Gasteiger partial charge on any atom is -0.313 e. The van der Waals surface area contributed by atoms with Crippen molar-refractivity contribution in [3.8, 4) is 0 Å². The largest absolute Gasteiger partial charge is 0.313 e. The van der Waals surface area contributed by atoms with E-state index in [-0.39, 0.29) is 5.82 Å². The molecule has 1 saturated heterocycles. The van der Waals surface area contributed by atoms with Gasteiger partial charge in [-0.15, -0.1) is 11.8 Å². The van der Waals surface area contributed by atoms with Crippen molar-refractivity contribution in [2.75, 3.05) is 12.3 Å². The van der Waals surface area contributed by atoms with Gasteiger partial charge >= 0.3 is 0 Å². The number of benzene rings is 1. The van der Waals surface area contributed by atoms with Gasteiger partial charge in [-0.05, 0) is 37.6 Å². The van der Waals surface area contributed by atoms with Crippen molar-refractivity contribution in [1.82, 2.24) is 5.32 Å². The molecule has 76 valence electrons. The molecule has 1 nitrogen and oxygen atoms in total. The van der Waals surface area contributed by atoms with Crippen LogP contribution < -0.4 is 5.32 Å². The van der Waals surface area contributed by atoms with Gasteiger partial charge in [0.25, 0.3) is 0 Å². The van der Waals surface area contributed by atoms with E-state index in [1.54, 1.807) is 23.9 Å². The first-order valence-corrected chi connectivity index (χ1v) is 5.95. The first-order chi connectivity index (χ1) is 6.84. The van der Waals surface area contributed by atoms with Crippen molar-refractivity contribution >= 4 is 11.8 Å². The molecule has 1 atom stereocenters. The molecule has 1 aliphatic heterocycles. The van der Waals surface area contributed by atoms with Crippen LogP contribution in [0.25, 0.3) is 0 Å². The molecule has 1 unspecified atom stereocenters. The molecule has 1 fully saturated rings. The summed E-state index contributed by atoms with van der Waals surface area (Å²) in [6, 6.07) is 7.42. The molecule has 1 heterocycles. The van der Waals surface area contributed by atoms with Crippen molar-refractivity contribution in [1.29, 1.82) is 0 Å². The lowest BCUT2D eigenvalue weighted by atomic mass is 10.3. The fourth-order valence-corrected chi connectivity index (χ4v) is 2.70. The molecule has 1 aromatic carbocycles. The average Bonchev–Trinajstić information content (AvgIpc) is 2.67. The molecule has 14 heavy (non-hydrogen) atoms. The van der Waals surface area contributed by atoms with E-state index in [1.165, 1.54) is 18.9 Å². The molecule has 1 aliphatic rings. The standard InChI is InChI=1S/C11H14FNS/c12-9-3-1-5-11(7-9)14-8-10-4-2-6-13-10/h1,3,5,7,10,13H,2,4,6,8H2. The highest BCUT2D eigenvalue weighted by molar-refractivity contribution is 7.99. The van der Waals surface area contributed by atoms with Crippen molar-refractivity contribution in [2.45, 2.75) is 23.8 Å². The lowest BCUT2D eigenvalue weighted by Gasteiger charge is -2.08. The number of halogens is 1. The van der Waals surface area contributed by atoms with Gasteiger partial charge in [0.15, 0.2) is 0 Å². The third-order valence-corrected chi connectivity index (χ3v) is 3.57. The van der Waals surface area contributed by atoms with E-state index < -0.39 is 0 Å². The van der Waals surface area contributed by atoms with Gasteiger partial charge in [0.05, 0.1) is 0 Å². The Morgan fingerprint density at radius 3 is 3.14 bits per heavy atom. The van der Waals surface area contributed by atoms with Crippen LogP contribution >= 0.6 is 11.8 Å². The molecule has 0 aromatic heterocycles. The fourth-order valence-electron chi connectivity index (χ4n) is 1.65. The van der Waals surface area contributed by atoms with E-state index in [4.69, 9.17) is 0 Å². The first-order valence-electron chi connectivity index (χ1n) is 4.96. The summed E-state index contributed by atoms with van der Waals surface area (Å²) in [4.78, 5) is 1.03. The number of nitrogens with one attached hydrogen (secondary N) is 1. The number of hydrogen-bond donors (Lipinski definition) is 1. The predicted octanol–water partition coefficient (Wildman–Crippen LogP) is 2.67. The van der Waals surface area contributed by atoms with Crippen LogP contribution in [0.2, 0.25) is 0 Å². The van der Waals surface area contributed by atoms with Crippen LogP contribution in [-0.4, -0.2) is 18.3 Å². The second-order valence-electron chi connectivity index (χ2n) is 3.56. The van der Waals surface area contributed by atoms with Crippen LogP contribution in [0.4, 0.5) is 4.39 Å². The number of rotatable bonds is 3. The SMILES string of the molecule is Fc1cccc(SCC2CCCN2)c1. The summed E-state index contributed by atoms with van der Waals surface area (Å²) >= 11 is 1.73. The van der Waals surface area contributed by atoms with Crippen LogP contribution in [-0.2, 0) is 0 Å². The highest BCUT2D eigenvalue weighted by Crippen LogP contribution is 2.21. The Hall–Kier alpha value is -0.540. The van der Waals surface area contributed by atoms with Crippen molar-refractivity contribution in [2.24, 2.45) is 0 Å². The Morgan fingerprint density at radius 1 is 1.50 bits per heavy atom. The molecule has 1 aromatic rings. The maximum absolute atomic E-state index is 12.8. The third-order valence-electron chi connectivity index (χ3n) is 2.41. The Bertz CT molecular complexity index is 297. The van der Waals surface area contributed by atoms with E-state index in [9.17, 15) is 4.39 Å². The predicted molar refractivity (Wildman–Crippen MR) is 58.1 cm³/mol. The van der Waals surface area contributed by atoms with Crippen LogP contribution in [0.1, 0.15) is 12.8 Å². The summed E-state index contributed by atoms with van der Waals surface area (Å²) in [6.07, 6.45) is 2.52. The summed E-state index contributed by atoms with van der Waals surface area (Å²) in [5, 5.41) is 3.43. The lowest BCUT2D eigenvalue weighted by Crippen LogP contribution is -2.23. The molecule has 0 spiro atoms. The summed E-state index contributed by atoms with van der Waals surface area (Å²) in [7, 11) is 0. The van der Waals surface area contributed by atoms with Crippen molar-refractivity contribution in [3.63, 3.8) is 0 Å². The highest BCUT2D eigenvalue weighted by atomic mass is 32.2. The molecule has 0 bridgehead atoms. The molecular weight excluding hydrogens is 197 g/mol. The van der Waals surface area contributed by atoms with E-state index >= 15 is 0 Å². The fraction of sp³-hybridized carbons (Fsp3) is 0.455. The zero-order chi connectivity index (χ0) is 9.80. The summed E-state index contributed by atoms with van der Waals surface area (Å²) in [6.45, 7) is 1.13. The monoisotopic (exact) mass is 211 g/mol. The van der Waals surface area contributed by atoms with Crippen LogP contribution in [0.15, 0.2) is 29.2 Å². The quantitative estimate of drug-likeness (QED) is 0.771. The van der Waals surface area contributed by atoms with Gasteiger partial charge in [0.2, 0.25) is 0 Å². The van der Waals surface area contributed by atoms with Crippen LogP contribution in [0, 0.1) is 5.82 Å². The topological polar surface area (TPSA) is 12.0 Å². The Labute approximate surface area is 88.1 Å². The summed E-state index contributed by atoms with van der Waals surface area (Å²) in [5.74, 6) is 0.901. The normalized spacial score (nSPS) is 21.4. The molecule has 1 N–H and O–H groups in total. The van der Waals surface area contributed by atoms with E-state index in [2.05, 4.69) is 5.32 Å². The van der Waals surface area contributed by atoms with Gasteiger partial charge in [-0.25, -0.2) is 4.39 Å². The van der Waals surface area contributed by atoms with Crippen molar-refractivity contribution < 1.29 is 4.39 Å². The summed E-state index contributed by atoms with van der Waals surface area (Å²) in [5.41, 5.74) is 0. The maximum atomic E-state index is 12.8. The molecule has 0 amide bonds. The van der Waals surface area contributed by atoms with Gasteiger partial charge in [-0.1, -0.05) is 6.07 Å². The number of hydrogen-bond acceptors (Lipinski definition) is 2. The minimum absolute atomic E-state index is 0.144.